The molecule has 7 nitrogen and oxygen atoms in total. The van der Waals surface area contributed by atoms with Crippen molar-refractivity contribution in [1.82, 2.24) is 4.98 Å². The van der Waals surface area contributed by atoms with Gasteiger partial charge in [-0.05, 0) is 9.91 Å². The third-order valence-corrected chi connectivity index (χ3v) is 1.96. The summed E-state index contributed by atoms with van der Waals surface area (Å²) in [5.41, 5.74) is -0.288. The van der Waals surface area contributed by atoms with E-state index in [9.17, 15) is 14.9 Å². The zero-order valence-electron chi connectivity index (χ0n) is 7.12. The maximum atomic E-state index is 10.4. The number of pyridine rings is 1. The third-order valence-electron chi connectivity index (χ3n) is 1.50. The molecule has 15 heavy (non-hydrogen) atoms. The molecule has 0 amide bonds. The van der Waals surface area contributed by atoms with Crippen LogP contribution in [0.2, 0.25) is 0 Å². The summed E-state index contributed by atoms with van der Waals surface area (Å²) >= 11 is 2.95. The Bertz CT molecular complexity index is 422. The molecule has 0 saturated carbocycles. The van der Waals surface area contributed by atoms with Crippen molar-refractivity contribution in [3.8, 4) is 0 Å². The maximum Gasteiger partial charge on any atom is 0.364 e. The number of nitrogens with zero attached hydrogens (tertiary/aromatic N) is 2. The lowest BCUT2D eigenvalue weighted by molar-refractivity contribution is -0.389. The van der Waals surface area contributed by atoms with Gasteiger partial charge in [-0.15, -0.1) is 0 Å². The van der Waals surface area contributed by atoms with E-state index in [0.29, 0.717) is 0 Å². The Balaban J connectivity index is 3.20. The highest BCUT2D eigenvalue weighted by molar-refractivity contribution is 9.10. The van der Waals surface area contributed by atoms with Crippen molar-refractivity contribution < 1.29 is 19.9 Å². The van der Waals surface area contributed by atoms with Gasteiger partial charge < -0.3 is 20.3 Å². The summed E-state index contributed by atoms with van der Waals surface area (Å²) in [6, 6.07) is 2.31. The second kappa shape index (κ2) is 4.32. The standard InChI is InChI=1S/C7H5BrN2O5/c8-3-1-4(6(11)7(12)13)9-5(2-3)10(14)15/h1-2,6,11H,(H,12,13). The molecule has 2 N–H and O–H groups in total. The van der Waals surface area contributed by atoms with Crippen LogP contribution in [0.5, 0.6) is 0 Å². The minimum atomic E-state index is -1.87. The van der Waals surface area contributed by atoms with Crippen LogP contribution in [-0.2, 0) is 4.79 Å². The predicted octanol–water partition coefficient (Wildman–Crippen LogP) is 0.870. The van der Waals surface area contributed by atoms with Crippen molar-refractivity contribution in [3.05, 3.63) is 32.4 Å². The second-order valence-electron chi connectivity index (χ2n) is 2.57. The molecule has 1 aromatic heterocycles. The van der Waals surface area contributed by atoms with Crippen LogP contribution >= 0.6 is 15.9 Å². The molecule has 1 aromatic rings. The average molecular weight is 277 g/mol. The van der Waals surface area contributed by atoms with Crippen molar-refractivity contribution in [2.45, 2.75) is 6.10 Å². The van der Waals surface area contributed by atoms with Gasteiger partial charge in [0.15, 0.2) is 5.69 Å². The number of aliphatic carboxylic acids is 1. The molecule has 1 unspecified atom stereocenters. The maximum absolute atomic E-state index is 10.4. The van der Waals surface area contributed by atoms with Crippen LogP contribution in [0.15, 0.2) is 16.6 Å². The van der Waals surface area contributed by atoms with E-state index in [1.165, 1.54) is 6.07 Å². The summed E-state index contributed by atoms with van der Waals surface area (Å²) in [5, 5.41) is 28.0. The molecular weight excluding hydrogens is 272 g/mol. The molecular formula is C7H5BrN2O5. The van der Waals surface area contributed by atoms with Gasteiger partial charge in [0.2, 0.25) is 6.10 Å². The van der Waals surface area contributed by atoms with Gasteiger partial charge in [-0.1, -0.05) is 15.9 Å². The molecule has 0 radical (unpaired) electrons. The molecule has 0 aliphatic rings. The molecule has 1 rings (SSSR count). The first-order valence-corrected chi connectivity index (χ1v) is 4.44. The Morgan fingerprint density at radius 2 is 2.20 bits per heavy atom. The molecule has 0 bridgehead atoms. The first kappa shape index (κ1) is 11.5. The molecule has 8 heteroatoms. The minimum absolute atomic E-state index is 0.277. The normalized spacial score (nSPS) is 12.1. The first-order chi connectivity index (χ1) is 6.91. The van der Waals surface area contributed by atoms with E-state index in [4.69, 9.17) is 10.2 Å². The molecule has 80 valence electrons. The van der Waals surface area contributed by atoms with E-state index in [0.717, 1.165) is 6.07 Å². The highest BCUT2D eigenvalue weighted by Gasteiger charge is 2.24. The molecule has 0 aliphatic heterocycles. The Morgan fingerprint density at radius 3 is 2.67 bits per heavy atom. The highest BCUT2D eigenvalue weighted by atomic mass is 79.9. The smallest absolute Gasteiger partial charge is 0.364 e. The topological polar surface area (TPSA) is 114 Å². The zero-order chi connectivity index (χ0) is 11.6. The van der Waals surface area contributed by atoms with Gasteiger partial charge in [0, 0.05) is 10.5 Å². The van der Waals surface area contributed by atoms with Gasteiger partial charge in [0.25, 0.3) is 0 Å². The zero-order valence-corrected chi connectivity index (χ0v) is 8.71. The Hall–Kier alpha value is -1.54. The fourth-order valence-electron chi connectivity index (χ4n) is 0.863. The van der Waals surface area contributed by atoms with Crippen molar-refractivity contribution in [1.29, 1.82) is 0 Å². The first-order valence-electron chi connectivity index (χ1n) is 3.64. The van der Waals surface area contributed by atoms with Crippen molar-refractivity contribution >= 4 is 27.7 Å². The van der Waals surface area contributed by atoms with Crippen molar-refractivity contribution in [2.75, 3.05) is 0 Å². The van der Waals surface area contributed by atoms with E-state index >= 15 is 0 Å². The number of aliphatic hydroxyl groups is 1. The Labute approximate surface area is 91.7 Å². The number of rotatable bonds is 3. The lowest BCUT2D eigenvalue weighted by Crippen LogP contribution is -2.12. The number of carboxylic acid groups (broad SMARTS) is 1. The van der Waals surface area contributed by atoms with Crippen LogP contribution in [0, 0.1) is 10.1 Å². The monoisotopic (exact) mass is 276 g/mol. The number of hydrogen-bond acceptors (Lipinski definition) is 5. The molecule has 0 saturated heterocycles. The number of halogens is 1. The van der Waals surface area contributed by atoms with E-state index < -0.39 is 22.8 Å². The van der Waals surface area contributed by atoms with Gasteiger partial charge in [0.05, 0.1) is 6.07 Å². The molecule has 0 aliphatic carbocycles. The second-order valence-corrected chi connectivity index (χ2v) is 3.48. The Morgan fingerprint density at radius 1 is 1.60 bits per heavy atom. The van der Waals surface area contributed by atoms with Crippen molar-refractivity contribution in [3.63, 3.8) is 0 Å². The van der Waals surface area contributed by atoms with Gasteiger partial charge in [0.1, 0.15) is 0 Å². The fraction of sp³-hybridized carbons (Fsp3) is 0.143. The van der Waals surface area contributed by atoms with Crippen LogP contribution in [0.3, 0.4) is 0 Å². The van der Waals surface area contributed by atoms with Crippen LogP contribution in [0.4, 0.5) is 5.82 Å². The lowest BCUT2D eigenvalue weighted by atomic mass is 10.2. The molecule has 1 heterocycles. The van der Waals surface area contributed by atoms with E-state index in [1.54, 1.807) is 0 Å². The SMILES string of the molecule is O=C(O)C(O)c1cc(Br)cc([N+](=O)[O-])n1. The van der Waals surface area contributed by atoms with Gasteiger partial charge in [-0.2, -0.15) is 0 Å². The number of carbonyl (C=O) groups is 1. The molecule has 0 spiro atoms. The third kappa shape index (κ3) is 2.70. The van der Waals surface area contributed by atoms with Gasteiger partial charge in [-0.3, -0.25) is 0 Å². The van der Waals surface area contributed by atoms with Crippen LogP contribution in [0.1, 0.15) is 11.8 Å². The van der Waals surface area contributed by atoms with Gasteiger partial charge in [-0.25, -0.2) is 4.79 Å². The summed E-state index contributed by atoms with van der Waals surface area (Å²) in [4.78, 5) is 23.4. The molecule has 0 fully saturated rings. The number of carboxylic acids is 1. The summed E-state index contributed by atoms with van der Waals surface area (Å²) in [7, 11) is 0. The van der Waals surface area contributed by atoms with Crippen LogP contribution in [0.25, 0.3) is 0 Å². The number of aliphatic hydroxyl groups excluding tert-OH is 1. The average Bonchev–Trinajstić information content (AvgIpc) is 2.15. The Kier molecular flexibility index (Phi) is 3.32. The van der Waals surface area contributed by atoms with E-state index in [-0.39, 0.29) is 10.2 Å². The number of hydrogen-bond donors (Lipinski definition) is 2. The summed E-state index contributed by atoms with van der Waals surface area (Å²) in [6.07, 6.45) is -1.87. The summed E-state index contributed by atoms with van der Waals surface area (Å²) < 4.78 is 0.277. The van der Waals surface area contributed by atoms with E-state index in [1.807, 2.05) is 0 Å². The van der Waals surface area contributed by atoms with Crippen molar-refractivity contribution in [2.24, 2.45) is 0 Å². The summed E-state index contributed by atoms with van der Waals surface area (Å²) in [5.74, 6) is -2.05. The lowest BCUT2D eigenvalue weighted by Gasteiger charge is -2.01. The number of aromatic nitrogens is 1. The fourth-order valence-corrected chi connectivity index (χ4v) is 1.30. The van der Waals surface area contributed by atoms with E-state index in [2.05, 4.69) is 20.9 Å². The molecule has 1 atom stereocenters. The molecule has 0 aromatic carbocycles. The van der Waals surface area contributed by atoms with Crippen LogP contribution in [-0.4, -0.2) is 26.1 Å². The van der Waals surface area contributed by atoms with Crippen LogP contribution < -0.4 is 0 Å². The predicted molar refractivity (Wildman–Crippen MR) is 51.2 cm³/mol. The quantitative estimate of drug-likeness (QED) is 0.626. The van der Waals surface area contributed by atoms with Gasteiger partial charge >= 0.3 is 11.8 Å². The largest absolute Gasteiger partial charge is 0.479 e. The number of nitro groups is 1. The highest BCUT2D eigenvalue weighted by Crippen LogP contribution is 2.21. The minimum Gasteiger partial charge on any atom is -0.479 e. The summed E-state index contributed by atoms with van der Waals surface area (Å²) in [6.45, 7) is 0.